The summed E-state index contributed by atoms with van der Waals surface area (Å²) in [5.74, 6) is 0.992. The summed E-state index contributed by atoms with van der Waals surface area (Å²) in [7, 11) is -0.329. The molecule has 0 saturated heterocycles. The largest absolute Gasteiger partial charge is 0.298 e. The van der Waals surface area contributed by atoms with Crippen LogP contribution in [-0.4, -0.2) is 36.1 Å². The number of carbonyl (C=O) groups is 3. The molecule has 0 unspecified atom stereocenters. The molecule has 56 valence electrons. The molecule has 4 heteroatoms. The Bertz CT molecular complexity index is 100. The van der Waals surface area contributed by atoms with Crippen molar-refractivity contribution >= 4 is 29.8 Å². The first-order chi connectivity index (χ1) is 4.85. The standard InChI is InChI=1S/C6H9O3S/c7-1-4-10(5-2-8)6-3-9/h1-3H,4-6H2/q+1. The van der Waals surface area contributed by atoms with Gasteiger partial charge in [0.05, 0.1) is 0 Å². The van der Waals surface area contributed by atoms with Gasteiger partial charge in [0, 0.05) is 10.9 Å². The Kier molecular flexibility index (Phi) is 6.06. The van der Waals surface area contributed by atoms with Gasteiger partial charge in [-0.3, -0.25) is 14.4 Å². The van der Waals surface area contributed by atoms with Crippen molar-refractivity contribution in [3.05, 3.63) is 0 Å². The van der Waals surface area contributed by atoms with Gasteiger partial charge in [0.25, 0.3) is 0 Å². The fourth-order valence-corrected chi connectivity index (χ4v) is 1.48. The van der Waals surface area contributed by atoms with Crippen LogP contribution in [0.1, 0.15) is 0 Å². The first kappa shape index (κ1) is 9.36. The minimum absolute atomic E-state index is 0.329. The highest BCUT2D eigenvalue weighted by atomic mass is 32.2. The van der Waals surface area contributed by atoms with E-state index in [0.29, 0.717) is 17.3 Å². The molecule has 0 aromatic heterocycles. The highest BCUT2D eigenvalue weighted by Gasteiger charge is 2.14. The summed E-state index contributed by atoms with van der Waals surface area (Å²) >= 11 is 0. The lowest BCUT2D eigenvalue weighted by Crippen LogP contribution is -2.18. The normalized spacial score (nSPS) is 9.30. The van der Waals surface area contributed by atoms with Crippen molar-refractivity contribution in [3.8, 4) is 0 Å². The van der Waals surface area contributed by atoms with Crippen molar-refractivity contribution < 1.29 is 14.4 Å². The third kappa shape index (κ3) is 4.26. The SMILES string of the molecule is O=CC[S+](CC=O)CC=O. The Hall–Kier alpha value is -0.640. The van der Waals surface area contributed by atoms with Crippen molar-refractivity contribution in [1.82, 2.24) is 0 Å². The smallest absolute Gasteiger partial charge is 0.169 e. The Morgan fingerprint density at radius 1 is 0.800 bits per heavy atom. The molecule has 0 saturated carbocycles. The molecule has 0 N–H and O–H groups in total. The molecular weight excluding hydrogens is 152 g/mol. The number of hydrogen-bond donors (Lipinski definition) is 0. The van der Waals surface area contributed by atoms with Crippen LogP contribution in [0, 0.1) is 0 Å². The maximum Gasteiger partial charge on any atom is 0.169 e. The molecular formula is C6H9O3S+. The van der Waals surface area contributed by atoms with Gasteiger partial charge >= 0.3 is 0 Å². The maximum atomic E-state index is 9.94. The lowest BCUT2D eigenvalue weighted by molar-refractivity contribution is -0.106. The van der Waals surface area contributed by atoms with Gasteiger partial charge in [-0.1, -0.05) is 0 Å². The van der Waals surface area contributed by atoms with E-state index in [1.807, 2.05) is 0 Å². The zero-order chi connectivity index (χ0) is 7.82. The van der Waals surface area contributed by atoms with Gasteiger partial charge < -0.3 is 0 Å². The van der Waals surface area contributed by atoms with Crippen LogP contribution < -0.4 is 0 Å². The first-order valence-electron chi connectivity index (χ1n) is 2.80. The number of hydrogen-bond acceptors (Lipinski definition) is 3. The number of carbonyl (C=O) groups excluding carboxylic acids is 3. The van der Waals surface area contributed by atoms with Gasteiger partial charge in [-0.25, -0.2) is 0 Å². The zero-order valence-electron chi connectivity index (χ0n) is 5.49. The van der Waals surface area contributed by atoms with Gasteiger partial charge in [0.15, 0.2) is 36.1 Å². The summed E-state index contributed by atoms with van der Waals surface area (Å²) in [5, 5.41) is 0. The molecule has 0 aliphatic carbocycles. The number of rotatable bonds is 6. The molecule has 3 nitrogen and oxygen atoms in total. The molecule has 0 aliphatic rings. The average molecular weight is 161 g/mol. The maximum absolute atomic E-state index is 9.94. The van der Waals surface area contributed by atoms with E-state index >= 15 is 0 Å². The van der Waals surface area contributed by atoms with Crippen molar-refractivity contribution in [2.24, 2.45) is 0 Å². The monoisotopic (exact) mass is 161 g/mol. The van der Waals surface area contributed by atoms with Gasteiger partial charge in [0.2, 0.25) is 0 Å². The fraction of sp³-hybridized carbons (Fsp3) is 0.500. The minimum Gasteiger partial charge on any atom is -0.298 e. The molecule has 0 amide bonds. The molecule has 0 heterocycles. The molecule has 0 aromatic carbocycles. The summed E-state index contributed by atoms with van der Waals surface area (Å²) in [6.07, 6.45) is 2.24. The summed E-state index contributed by atoms with van der Waals surface area (Å²) in [5.41, 5.74) is 0. The minimum atomic E-state index is -0.329. The molecule has 0 aliphatic heterocycles. The lowest BCUT2D eigenvalue weighted by atomic mass is 10.9. The van der Waals surface area contributed by atoms with E-state index in [0.717, 1.165) is 18.9 Å². The molecule has 0 aromatic rings. The van der Waals surface area contributed by atoms with Gasteiger partial charge in [-0.05, 0) is 0 Å². The van der Waals surface area contributed by atoms with Crippen LogP contribution in [-0.2, 0) is 25.3 Å². The highest BCUT2D eigenvalue weighted by Crippen LogP contribution is 1.90. The van der Waals surface area contributed by atoms with E-state index < -0.39 is 0 Å². The molecule has 0 fully saturated rings. The Morgan fingerprint density at radius 2 is 1.10 bits per heavy atom. The van der Waals surface area contributed by atoms with Crippen molar-refractivity contribution in [2.75, 3.05) is 17.3 Å². The van der Waals surface area contributed by atoms with Crippen LogP contribution in [0.3, 0.4) is 0 Å². The zero-order valence-corrected chi connectivity index (χ0v) is 6.30. The van der Waals surface area contributed by atoms with Crippen LogP contribution in [0.4, 0.5) is 0 Å². The van der Waals surface area contributed by atoms with E-state index in [-0.39, 0.29) is 10.9 Å². The van der Waals surface area contributed by atoms with E-state index in [9.17, 15) is 14.4 Å². The van der Waals surface area contributed by atoms with E-state index in [4.69, 9.17) is 0 Å². The predicted molar refractivity (Wildman–Crippen MR) is 40.2 cm³/mol. The van der Waals surface area contributed by atoms with Crippen LogP contribution >= 0.6 is 0 Å². The third-order valence-corrected chi connectivity index (χ3v) is 2.73. The Morgan fingerprint density at radius 3 is 1.30 bits per heavy atom. The van der Waals surface area contributed by atoms with Crippen molar-refractivity contribution in [2.45, 2.75) is 0 Å². The molecule has 0 bridgehead atoms. The second kappa shape index (κ2) is 6.48. The molecule has 0 radical (unpaired) electrons. The Labute approximate surface area is 62.1 Å². The first-order valence-corrected chi connectivity index (χ1v) is 4.53. The summed E-state index contributed by atoms with van der Waals surface area (Å²) in [6, 6.07) is 0. The average Bonchev–Trinajstić information content (AvgIpc) is 1.90. The molecule has 0 atom stereocenters. The predicted octanol–water partition coefficient (Wildman–Crippen LogP) is -0.799. The van der Waals surface area contributed by atoms with Crippen LogP contribution in [0.25, 0.3) is 0 Å². The summed E-state index contributed by atoms with van der Waals surface area (Å²) in [6.45, 7) is 0. The quantitative estimate of drug-likeness (QED) is 0.378. The molecule has 0 rings (SSSR count). The summed E-state index contributed by atoms with van der Waals surface area (Å²) < 4.78 is 0. The second-order valence-electron chi connectivity index (χ2n) is 1.61. The van der Waals surface area contributed by atoms with E-state index in [1.165, 1.54) is 0 Å². The van der Waals surface area contributed by atoms with E-state index in [1.54, 1.807) is 0 Å². The van der Waals surface area contributed by atoms with Gasteiger partial charge in [-0.2, -0.15) is 0 Å². The topological polar surface area (TPSA) is 51.2 Å². The van der Waals surface area contributed by atoms with Crippen LogP contribution in [0.5, 0.6) is 0 Å². The van der Waals surface area contributed by atoms with Crippen LogP contribution in [0.2, 0.25) is 0 Å². The number of aldehydes is 3. The van der Waals surface area contributed by atoms with Crippen molar-refractivity contribution in [1.29, 1.82) is 0 Å². The van der Waals surface area contributed by atoms with E-state index in [2.05, 4.69) is 0 Å². The van der Waals surface area contributed by atoms with Gasteiger partial charge in [-0.15, -0.1) is 0 Å². The summed E-state index contributed by atoms with van der Waals surface area (Å²) in [4.78, 5) is 29.8. The fourth-order valence-electron chi connectivity index (χ4n) is 0.493. The third-order valence-electron chi connectivity index (χ3n) is 0.911. The lowest BCUT2D eigenvalue weighted by Gasteiger charge is -1.93. The highest BCUT2D eigenvalue weighted by molar-refractivity contribution is 7.98. The van der Waals surface area contributed by atoms with Crippen molar-refractivity contribution in [3.63, 3.8) is 0 Å². The second-order valence-corrected chi connectivity index (χ2v) is 3.84. The molecule has 10 heavy (non-hydrogen) atoms. The van der Waals surface area contributed by atoms with Crippen LogP contribution in [0.15, 0.2) is 0 Å². The van der Waals surface area contributed by atoms with Gasteiger partial charge in [0.1, 0.15) is 0 Å². The Balaban J connectivity index is 3.58. The molecule has 0 spiro atoms.